The van der Waals surface area contributed by atoms with E-state index in [2.05, 4.69) is 11.5 Å². The fourth-order valence-electron chi connectivity index (χ4n) is 2.65. The molecule has 1 aliphatic carbocycles. The van der Waals surface area contributed by atoms with Crippen molar-refractivity contribution < 1.29 is 9.47 Å². The number of allylic oxidation sites excluding steroid dienone is 1. The molecule has 0 saturated carbocycles. The van der Waals surface area contributed by atoms with Gasteiger partial charge in [-0.15, -0.1) is 0 Å². The first-order valence-electron chi connectivity index (χ1n) is 6.76. The summed E-state index contributed by atoms with van der Waals surface area (Å²) in [5, 5.41) is 0. The maximum atomic E-state index is 5.75. The number of nitrogens with one attached hydrogen (secondary N) is 1. The fraction of sp³-hybridized carbons (Fsp3) is 0.846. The highest BCUT2D eigenvalue weighted by Gasteiger charge is 2.27. The van der Waals surface area contributed by atoms with E-state index in [1.165, 1.54) is 37.7 Å². The Labute approximate surface area is 104 Å². The van der Waals surface area contributed by atoms with Crippen LogP contribution in [0.4, 0.5) is 0 Å². The van der Waals surface area contributed by atoms with E-state index in [0.717, 1.165) is 6.42 Å². The van der Waals surface area contributed by atoms with Crippen molar-refractivity contribution in [3.63, 3.8) is 0 Å². The molecule has 0 bridgehead atoms. The fourth-order valence-corrected chi connectivity index (χ4v) is 2.65. The summed E-state index contributed by atoms with van der Waals surface area (Å²) in [6, 6.07) is 0.119. The van der Waals surface area contributed by atoms with Gasteiger partial charge in [0.05, 0.1) is 25.9 Å². The monoisotopic (exact) mass is 240 g/mol. The van der Waals surface area contributed by atoms with E-state index in [-0.39, 0.29) is 12.1 Å². The number of hydrazine groups is 1. The number of hydrogen-bond donors (Lipinski definition) is 2. The second kappa shape index (κ2) is 7.11. The van der Waals surface area contributed by atoms with Crippen LogP contribution in [0.1, 0.15) is 38.5 Å². The summed E-state index contributed by atoms with van der Waals surface area (Å²) in [6.07, 6.45) is 9.96. The van der Waals surface area contributed by atoms with E-state index >= 15 is 0 Å². The molecule has 0 amide bonds. The molecule has 2 unspecified atom stereocenters. The van der Waals surface area contributed by atoms with Gasteiger partial charge in [-0.3, -0.25) is 11.3 Å². The van der Waals surface area contributed by atoms with E-state index in [1.807, 2.05) is 0 Å². The van der Waals surface area contributed by atoms with Crippen LogP contribution in [0.3, 0.4) is 0 Å². The highest BCUT2D eigenvalue weighted by molar-refractivity contribution is 5.14. The average Bonchev–Trinajstić information content (AvgIpc) is 2.34. The minimum Gasteiger partial charge on any atom is -0.376 e. The van der Waals surface area contributed by atoms with Crippen molar-refractivity contribution in [2.75, 3.05) is 19.8 Å². The molecule has 4 nitrogen and oxygen atoms in total. The zero-order valence-electron chi connectivity index (χ0n) is 10.5. The first-order valence-corrected chi connectivity index (χ1v) is 6.76. The third-order valence-electron chi connectivity index (χ3n) is 3.62. The van der Waals surface area contributed by atoms with Gasteiger partial charge in [0.1, 0.15) is 6.10 Å². The number of hydrogen-bond acceptors (Lipinski definition) is 4. The molecule has 0 spiro atoms. The quantitative estimate of drug-likeness (QED) is 0.446. The Hall–Kier alpha value is -0.420. The smallest absolute Gasteiger partial charge is 0.101 e. The average molecular weight is 240 g/mol. The number of rotatable bonds is 3. The van der Waals surface area contributed by atoms with Gasteiger partial charge in [0.25, 0.3) is 0 Å². The van der Waals surface area contributed by atoms with Crippen LogP contribution in [-0.4, -0.2) is 32.0 Å². The molecule has 1 saturated heterocycles. The molecule has 3 N–H and O–H groups in total. The highest BCUT2D eigenvalue weighted by atomic mass is 16.6. The van der Waals surface area contributed by atoms with Gasteiger partial charge in [0, 0.05) is 0 Å². The summed E-state index contributed by atoms with van der Waals surface area (Å²) in [4.78, 5) is 0. The second-order valence-corrected chi connectivity index (χ2v) is 4.86. The van der Waals surface area contributed by atoms with Gasteiger partial charge >= 0.3 is 0 Å². The van der Waals surface area contributed by atoms with E-state index in [9.17, 15) is 0 Å². The zero-order valence-corrected chi connectivity index (χ0v) is 10.5. The SMILES string of the molecule is NNC(C1=CCCCCCC1)C1COCCO1. The van der Waals surface area contributed by atoms with E-state index in [0.29, 0.717) is 19.8 Å². The molecule has 0 aromatic carbocycles. The van der Waals surface area contributed by atoms with Crippen LogP contribution < -0.4 is 11.3 Å². The van der Waals surface area contributed by atoms with Gasteiger partial charge in [-0.1, -0.05) is 24.5 Å². The van der Waals surface area contributed by atoms with Gasteiger partial charge in [-0.25, -0.2) is 0 Å². The number of nitrogens with two attached hydrogens (primary N) is 1. The van der Waals surface area contributed by atoms with Crippen molar-refractivity contribution in [2.45, 2.75) is 50.7 Å². The van der Waals surface area contributed by atoms with Gasteiger partial charge in [-0.05, 0) is 25.7 Å². The molecule has 1 heterocycles. The molecule has 0 aromatic heterocycles. The Morgan fingerprint density at radius 1 is 1.24 bits per heavy atom. The molecular formula is C13H24N2O2. The standard InChI is InChI=1S/C13H24N2O2/c14-15-13(12-10-16-8-9-17-12)11-6-4-2-1-3-5-7-11/h6,12-13,15H,1-5,7-10,14H2. The van der Waals surface area contributed by atoms with Gasteiger partial charge in [0.15, 0.2) is 0 Å². The summed E-state index contributed by atoms with van der Waals surface area (Å²) in [5.74, 6) is 5.70. The van der Waals surface area contributed by atoms with E-state index < -0.39 is 0 Å². The minimum atomic E-state index is 0.0689. The molecule has 4 heteroatoms. The van der Waals surface area contributed by atoms with Crippen molar-refractivity contribution in [2.24, 2.45) is 5.84 Å². The lowest BCUT2D eigenvalue weighted by Crippen LogP contribution is -2.50. The Balaban J connectivity index is 1.98. The lowest BCUT2D eigenvalue weighted by atomic mass is 9.92. The molecule has 2 aliphatic rings. The molecule has 1 aliphatic heterocycles. The molecule has 1 fully saturated rings. The molecular weight excluding hydrogens is 216 g/mol. The van der Waals surface area contributed by atoms with Crippen molar-refractivity contribution >= 4 is 0 Å². The predicted octanol–water partition coefficient (Wildman–Crippen LogP) is 1.51. The van der Waals surface area contributed by atoms with Crippen LogP contribution >= 0.6 is 0 Å². The van der Waals surface area contributed by atoms with Crippen molar-refractivity contribution in [3.8, 4) is 0 Å². The van der Waals surface area contributed by atoms with Gasteiger partial charge in [-0.2, -0.15) is 0 Å². The summed E-state index contributed by atoms with van der Waals surface area (Å²) < 4.78 is 11.2. The molecule has 17 heavy (non-hydrogen) atoms. The Morgan fingerprint density at radius 3 is 2.88 bits per heavy atom. The molecule has 98 valence electrons. The summed E-state index contributed by atoms with van der Waals surface area (Å²) in [6.45, 7) is 2.02. The molecule has 0 aromatic rings. The molecule has 2 atom stereocenters. The van der Waals surface area contributed by atoms with Crippen LogP contribution in [0.5, 0.6) is 0 Å². The third kappa shape index (κ3) is 3.78. The number of ether oxygens (including phenoxy) is 2. The lowest BCUT2D eigenvalue weighted by Gasteiger charge is -2.32. The normalized spacial score (nSPS) is 29.0. The van der Waals surface area contributed by atoms with Gasteiger partial charge in [0.2, 0.25) is 0 Å². The van der Waals surface area contributed by atoms with Crippen LogP contribution in [-0.2, 0) is 9.47 Å². The van der Waals surface area contributed by atoms with Crippen LogP contribution in [0.2, 0.25) is 0 Å². The van der Waals surface area contributed by atoms with Crippen molar-refractivity contribution in [3.05, 3.63) is 11.6 Å². The summed E-state index contributed by atoms with van der Waals surface area (Å²) >= 11 is 0. The molecule has 0 radical (unpaired) electrons. The predicted molar refractivity (Wildman–Crippen MR) is 67.5 cm³/mol. The zero-order chi connectivity index (χ0) is 11.9. The third-order valence-corrected chi connectivity index (χ3v) is 3.62. The highest BCUT2D eigenvalue weighted by Crippen LogP contribution is 2.22. The van der Waals surface area contributed by atoms with Crippen LogP contribution in [0, 0.1) is 0 Å². The topological polar surface area (TPSA) is 56.5 Å². The second-order valence-electron chi connectivity index (χ2n) is 4.86. The Bertz CT molecular complexity index is 250. The first-order chi connectivity index (χ1) is 8.42. The van der Waals surface area contributed by atoms with E-state index in [4.69, 9.17) is 15.3 Å². The van der Waals surface area contributed by atoms with Crippen molar-refractivity contribution in [1.29, 1.82) is 0 Å². The van der Waals surface area contributed by atoms with Crippen LogP contribution in [0.25, 0.3) is 0 Å². The molecule has 2 rings (SSSR count). The minimum absolute atomic E-state index is 0.0689. The lowest BCUT2D eigenvalue weighted by molar-refractivity contribution is -0.0972. The maximum Gasteiger partial charge on any atom is 0.101 e. The maximum absolute atomic E-state index is 5.75. The Morgan fingerprint density at radius 2 is 2.12 bits per heavy atom. The largest absolute Gasteiger partial charge is 0.376 e. The van der Waals surface area contributed by atoms with Crippen LogP contribution in [0.15, 0.2) is 11.6 Å². The Kier molecular flexibility index (Phi) is 5.45. The van der Waals surface area contributed by atoms with Crippen molar-refractivity contribution in [1.82, 2.24) is 5.43 Å². The van der Waals surface area contributed by atoms with Gasteiger partial charge < -0.3 is 9.47 Å². The van der Waals surface area contributed by atoms with E-state index in [1.54, 1.807) is 0 Å². The summed E-state index contributed by atoms with van der Waals surface area (Å²) in [7, 11) is 0. The first kappa shape index (κ1) is 13.0. The summed E-state index contributed by atoms with van der Waals surface area (Å²) in [5.41, 5.74) is 4.32.